The number of amides is 1. The van der Waals surface area contributed by atoms with Crippen LogP contribution < -0.4 is 0 Å². The van der Waals surface area contributed by atoms with Gasteiger partial charge >= 0.3 is 0 Å². The number of hydrogen-bond donors (Lipinski definition) is 0. The zero-order chi connectivity index (χ0) is 14.8. The minimum atomic E-state index is 0.0511. The van der Waals surface area contributed by atoms with Gasteiger partial charge in [-0.15, -0.1) is 0 Å². The SMILES string of the molecule is Cc1noc(CN2CCN(C(=O)CC(C)(C)C)CC2)n1. The topological polar surface area (TPSA) is 62.5 Å². The van der Waals surface area contributed by atoms with Crippen molar-refractivity contribution in [3.8, 4) is 0 Å². The molecule has 0 unspecified atom stereocenters. The average molecular weight is 280 g/mol. The van der Waals surface area contributed by atoms with Crippen LogP contribution in [-0.4, -0.2) is 52.0 Å². The third kappa shape index (κ3) is 4.30. The number of rotatable bonds is 3. The fourth-order valence-electron chi connectivity index (χ4n) is 2.32. The molecule has 2 rings (SSSR count). The lowest BCUT2D eigenvalue weighted by Gasteiger charge is -2.35. The van der Waals surface area contributed by atoms with E-state index in [1.54, 1.807) is 0 Å². The van der Waals surface area contributed by atoms with Gasteiger partial charge in [-0.05, 0) is 12.3 Å². The lowest BCUT2D eigenvalue weighted by Crippen LogP contribution is -2.48. The van der Waals surface area contributed by atoms with Gasteiger partial charge in [0.1, 0.15) is 0 Å². The average Bonchev–Trinajstić information content (AvgIpc) is 2.73. The fraction of sp³-hybridized carbons (Fsp3) is 0.786. The molecule has 0 saturated carbocycles. The van der Waals surface area contributed by atoms with E-state index in [2.05, 4.69) is 35.8 Å². The first kappa shape index (κ1) is 15.0. The van der Waals surface area contributed by atoms with Crippen LogP contribution in [0.25, 0.3) is 0 Å². The molecule has 20 heavy (non-hydrogen) atoms. The van der Waals surface area contributed by atoms with Gasteiger partial charge in [0.25, 0.3) is 0 Å². The van der Waals surface area contributed by atoms with Gasteiger partial charge in [-0.2, -0.15) is 4.98 Å². The maximum atomic E-state index is 12.1. The van der Waals surface area contributed by atoms with Crippen molar-refractivity contribution in [2.45, 2.75) is 40.7 Å². The summed E-state index contributed by atoms with van der Waals surface area (Å²) in [6, 6.07) is 0. The second-order valence-electron chi connectivity index (χ2n) is 6.63. The van der Waals surface area contributed by atoms with Crippen LogP contribution in [0.2, 0.25) is 0 Å². The van der Waals surface area contributed by atoms with E-state index >= 15 is 0 Å². The predicted molar refractivity (Wildman–Crippen MR) is 75.0 cm³/mol. The van der Waals surface area contributed by atoms with Gasteiger partial charge in [0, 0.05) is 32.6 Å². The molecule has 1 saturated heterocycles. The molecule has 0 spiro atoms. The number of carbonyl (C=O) groups excluding carboxylic acids is 1. The second kappa shape index (κ2) is 5.91. The van der Waals surface area contributed by atoms with Gasteiger partial charge in [0.15, 0.2) is 5.82 Å². The van der Waals surface area contributed by atoms with E-state index < -0.39 is 0 Å². The van der Waals surface area contributed by atoms with Crippen molar-refractivity contribution in [3.05, 3.63) is 11.7 Å². The Morgan fingerprint density at radius 3 is 2.40 bits per heavy atom. The molecule has 1 amide bonds. The molecule has 2 heterocycles. The van der Waals surface area contributed by atoms with E-state index in [9.17, 15) is 4.79 Å². The number of piperazine rings is 1. The quantitative estimate of drug-likeness (QED) is 0.838. The van der Waals surface area contributed by atoms with Gasteiger partial charge in [-0.25, -0.2) is 0 Å². The first-order chi connectivity index (χ1) is 9.33. The van der Waals surface area contributed by atoms with Gasteiger partial charge in [-0.3, -0.25) is 9.69 Å². The van der Waals surface area contributed by atoms with Crippen LogP contribution in [0.4, 0.5) is 0 Å². The monoisotopic (exact) mass is 280 g/mol. The number of aryl methyl sites for hydroxylation is 1. The Morgan fingerprint density at radius 1 is 1.25 bits per heavy atom. The molecule has 6 heteroatoms. The Labute approximate surface area is 120 Å². The zero-order valence-corrected chi connectivity index (χ0v) is 12.8. The summed E-state index contributed by atoms with van der Waals surface area (Å²) in [5.74, 6) is 1.57. The first-order valence-corrected chi connectivity index (χ1v) is 7.13. The molecule has 0 bridgehead atoms. The predicted octanol–water partition coefficient (Wildman–Crippen LogP) is 1.46. The normalized spacial score (nSPS) is 17.5. The van der Waals surface area contributed by atoms with Gasteiger partial charge < -0.3 is 9.42 Å². The van der Waals surface area contributed by atoms with E-state index in [4.69, 9.17) is 4.52 Å². The van der Waals surface area contributed by atoms with Crippen molar-refractivity contribution in [1.82, 2.24) is 19.9 Å². The minimum absolute atomic E-state index is 0.0511. The Morgan fingerprint density at radius 2 is 1.90 bits per heavy atom. The summed E-state index contributed by atoms with van der Waals surface area (Å²) in [7, 11) is 0. The van der Waals surface area contributed by atoms with E-state index in [0.29, 0.717) is 24.7 Å². The van der Waals surface area contributed by atoms with Crippen LogP contribution in [0.15, 0.2) is 4.52 Å². The molecule has 0 aromatic carbocycles. The van der Waals surface area contributed by atoms with E-state index in [-0.39, 0.29) is 11.3 Å². The number of aromatic nitrogens is 2. The minimum Gasteiger partial charge on any atom is -0.340 e. The lowest BCUT2D eigenvalue weighted by molar-refractivity contribution is -0.134. The molecule has 0 aliphatic carbocycles. The first-order valence-electron chi connectivity index (χ1n) is 7.13. The molecule has 1 aliphatic heterocycles. The molecule has 0 atom stereocenters. The Balaban J connectivity index is 1.79. The van der Waals surface area contributed by atoms with Crippen LogP contribution in [0, 0.1) is 12.3 Å². The molecule has 0 radical (unpaired) electrons. The second-order valence-corrected chi connectivity index (χ2v) is 6.63. The molecule has 1 aromatic rings. The third-order valence-corrected chi connectivity index (χ3v) is 3.34. The smallest absolute Gasteiger partial charge is 0.240 e. The summed E-state index contributed by atoms with van der Waals surface area (Å²) in [5, 5.41) is 3.79. The van der Waals surface area contributed by atoms with E-state index in [1.165, 1.54) is 0 Å². The van der Waals surface area contributed by atoms with Crippen molar-refractivity contribution in [2.75, 3.05) is 26.2 Å². The summed E-state index contributed by atoms with van der Waals surface area (Å²) < 4.78 is 5.12. The lowest BCUT2D eigenvalue weighted by atomic mass is 9.91. The summed E-state index contributed by atoms with van der Waals surface area (Å²) in [6.45, 7) is 12.0. The highest BCUT2D eigenvalue weighted by Gasteiger charge is 2.25. The molecule has 6 nitrogen and oxygen atoms in total. The Kier molecular flexibility index (Phi) is 4.42. The third-order valence-electron chi connectivity index (χ3n) is 3.34. The molecular weight excluding hydrogens is 256 g/mol. The highest BCUT2D eigenvalue weighted by molar-refractivity contribution is 5.76. The molecule has 0 N–H and O–H groups in total. The van der Waals surface area contributed by atoms with Crippen molar-refractivity contribution < 1.29 is 9.32 Å². The van der Waals surface area contributed by atoms with Crippen LogP contribution in [-0.2, 0) is 11.3 Å². The summed E-state index contributed by atoms with van der Waals surface area (Å²) in [4.78, 5) is 20.6. The zero-order valence-electron chi connectivity index (χ0n) is 12.8. The molecule has 1 fully saturated rings. The summed E-state index contributed by atoms with van der Waals surface area (Å²) in [5.41, 5.74) is 0.0511. The van der Waals surface area contributed by atoms with Crippen LogP contribution in [0.1, 0.15) is 38.9 Å². The summed E-state index contributed by atoms with van der Waals surface area (Å²) >= 11 is 0. The molecule has 1 aromatic heterocycles. The van der Waals surface area contributed by atoms with Crippen molar-refractivity contribution >= 4 is 5.91 Å². The summed E-state index contributed by atoms with van der Waals surface area (Å²) in [6.07, 6.45) is 0.607. The highest BCUT2D eigenvalue weighted by atomic mass is 16.5. The number of carbonyl (C=O) groups is 1. The van der Waals surface area contributed by atoms with Gasteiger partial charge in [-0.1, -0.05) is 25.9 Å². The molecule has 112 valence electrons. The maximum absolute atomic E-state index is 12.1. The Bertz CT molecular complexity index is 456. The van der Waals surface area contributed by atoms with Crippen molar-refractivity contribution in [2.24, 2.45) is 5.41 Å². The van der Waals surface area contributed by atoms with Crippen molar-refractivity contribution in [1.29, 1.82) is 0 Å². The van der Waals surface area contributed by atoms with Crippen LogP contribution in [0.3, 0.4) is 0 Å². The molecule has 1 aliphatic rings. The standard InChI is InChI=1S/C14H24N4O2/c1-11-15-12(20-16-11)10-17-5-7-18(8-6-17)13(19)9-14(2,3)4/h5-10H2,1-4H3. The largest absolute Gasteiger partial charge is 0.340 e. The molecular formula is C14H24N4O2. The van der Waals surface area contributed by atoms with Crippen molar-refractivity contribution in [3.63, 3.8) is 0 Å². The van der Waals surface area contributed by atoms with E-state index in [1.807, 2.05) is 11.8 Å². The highest BCUT2D eigenvalue weighted by Crippen LogP contribution is 2.20. The number of hydrogen-bond acceptors (Lipinski definition) is 5. The van der Waals surface area contributed by atoms with Gasteiger partial charge in [0.2, 0.25) is 11.8 Å². The van der Waals surface area contributed by atoms with Crippen LogP contribution >= 0.6 is 0 Å². The fourth-order valence-corrected chi connectivity index (χ4v) is 2.32. The van der Waals surface area contributed by atoms with Crippen LogP contribution in [0.5, 0.6) is 0 Å². The Hall–Kier alpha value is -1.43. The van der Waals surface area contributed by atoms with Gasteiger partial charge in [0.05, 0.1) is 6.54 Å². The number of nitrogens with zero attached hydrogens (tertiary/aromatic N) is 4. The maximum Gasteiger partial charge on any atom is 0.240 e. The van der Waals surface area contributed by atoms with E-state index in [0.717, 1.165) is 26.2 Å².